The minimum atomic E-state index is -1.28. The average molecular weight is 239 g/mol. The number of hydrogen-bond donors (Lipinski definition) is 2. The van der Waals surface area contributed by atoms with Crippen molar-refractivity contribution in [2.45, 2.75) is 13.3 Å². The zero-order valence-electron chi connectivity index (χ0n) is 8.99. The first-order valence-corrected chi connectivity index (χ1v) is 4.72. The number of ketones is 1. The van der Waals surface area contributed by atoms with Crippen molar-refractivity contribution in [2.24, 2.45) is 0 Å². The van der Waals surface area contributed by atoms with E-state index in [1.54, 1.807) is 0 Å². The van der Waals surface area contributed by atoms with E-state index in [0.29, 0.717) is 0 Å². The van der Waals surface area contributed by atoms with E-state index >= 15 is 0 Å². The Morgan fingerprint density at radius 2 is 2.00 bits per heavy atom. The predicted molar refractivity (Wildman–Crippen MR) is 57.3 cm³/mol. The molecule has 1 rings (SSSR count). The molecule has 0 spiro atoms. The number of carbonyl (C=O) groups is 3. The fourth-order valence-electron chi connectivity index (χ4n) is 1.29. The van der Waals surface area contributed by atoms with Gasteiger partial charge in [0.25, 0.3) is 0 Å². The number of nitrogens with one attached hydrogen (secondary N) is 1. The molecule has 0 bridgehead atoms. The molecule has 17 heavy (non-hydrogen) atoms. The van der Waals surface area contributed by atoms with E-state index in [1.807, 2.05) is 0 Å². The van der Waals surface area contributed by atoms with E-state index in [9.17, 15) is 18.8 Å². The number of halogens is 1. The van der Waals surface area contributed by atoms with E-state index in [0.717, 1.165) is 18.2 Å². The number of rotatable bonds is 4. The third kappa shape index (κ3) is 3.67. The summed E-state index contributed by atoms with van der Waals surface area (Å²) in [7, 11) is 0. The van der Waals surface area contributed by atoms with E-state index in [2.05, 4.69) is 5.32 Å². The lowest BCUT2D eigenvalue weighted by Gasteiger charge is -2.08. The van der Waals surface area contributed by atoms with Crippen LogP contribution in [0.4, 0.5) is 10.1 Å². The van der Waals surface area contributed by atoms with Crippen LogP contribution in [0.1, 0.15) is 23.7 Å². The molecule has 1 aromatic carbocycles. The van der Waals surface area contributed by atoms with Gasteiger partial charge in [0.15, 0.2) is 5.78 Å². The highest BCUT2D eigenvalue weighted by atomic mass is 19.1. The van der Waals surface area contributed by atoms with Gasteiger partial charge >= 0.3 is 5.97 Å². The summed E-state index contributed by atoms with van der Waals surface area (Å²) in [5.74, 6) is -3.07. The van der Waals surface area contributed by atoms with Crippen molar-refractivity contribution in [3.05, 3.63) is 29.6 Å². The van der Waals surface area contributed by atoms with Gasteiger partial charge in [-0.15, -0.1) is 0 Å². The maximum Gasteiger partial charge on any atom is 0.311 e. The number of carboxylic acids is 1. The zero-order chi connectivity index (χ0) is 13.0. The molecule has 0 saturated heterocycles. The van der Waals surface area contributed by atoms with E-state index in [4.69, 9.17) is 5.11 Å². The Balaban J connectivity index is 3.09. The van der Waals surface area contributed by atoms with Crippen LogP contribution < -0.4 is 5.32 Å². The Kier molecular flexibility index (Phi) is 3.92. The molecule has 0 atom stereocenters. The molecular formula is C11H10FNO4. The largest absolute Gasteiger partial charge is 0.481 e. The van der Waals surface area contributed by atoms with Crippen LogP contribution in [0.15, 0.2) is 18.2 Å². The number of amides is 1. The average Bonchev–Trinajstić information content (AvgIpc) is 2.15. The lowest BCUT2D eigenvalue weighted by molar-refractivity contribution is -0.135. The molecule has 0 aliphatic rings. The van der Waals surface area contributed by atoms with Crippen molar-refractivity contribution in [1.29, 1.82) is 0 Å². The van der Waals surface area contributed by atoms with E-state index in [1.165, 1.54) is 6.92 Å². The minimum Gasteiger partial charge on any atom is -0.481 e. The second kappa shape index (κ2) is 5.20. The van der Waals surface area contributed by atoms with Crippen molar-refractivity contribution in [1.82, 2.24) is 0 Å². The van der Waals surface area contributed by atoms with Gasteiger partial charge in [0, 0.05) is 12.5 Å². The Hall–Kier alpha value is -2.24. The van der Waals surface area contributed by atoms with E-state index in [-0.39, 0.29) is 11.3 Å². The second-order valence-electron chi connectivity index (χ2n) is 3.36. The van der Waals surface area contributed by atoms with Gasteiger partial charge in [-0.3, -0.25) is 14.4 Å². The van der Waals surface area contributed by atoms with Gasteiger partial charge in [-0.25, -0.2) is 4.39 Å². The highest BCUT2D eigenvalue weighted by Crippen LogP contribution is 2.19. The summed E-state index contributed by atoms with van der Waals surface area (Å²) in [4.78, 5) is 32.8. The van der Waals surface area contributed by atoms with Crippen LogP contribution >= 0.6 is 0 Å². The summed E-state index contributed by atoms with van der Waals surface area (Å²) in [5, 5.41) is 10.8. The lowest BCUT2D eigenvalue weighted by Crippen LogP contribution is -2.13. The second-order valence-corrected chi connectivity index (χ2v) is 3.36. The molecule has 0 unspecified atom stereocenters. The van der Waals surface area contributed by atoms with Gasteiger partial charge in [0.05, 0.1) is 5.69 Å². The molecule has 0 saturated carbocycles. The first kappa shape index (κ1) is 12.8. The zero-order valence-corrected chi connectivity index (χ0v) is 8.99. The summed E-state index contributed by atoms with van der Waals surface area (Å²) in [6.07, 6.45) is -0.710. The Bertz CT molecular complexity index is 484. The molecule has 0 heterocycles. The lowest BCUT2D eigenvalue weighted by atomic mass is 10.1. The molecule has 0 aliphatic heterocycles. The predicted octanol–water partition coefficient (Wildman–Crippen LogP) is 1.44. The van der Waals surface area contributed by atoms with Crippen LogP contribution in [0.5, 0.6) is 0 Å². The first-order chi connectivity index (χ1) is 7.90. The van der Waals surface area contributed by atoms with Crippen LogP contribution in [0.3, 0.4) is 0 Å². The Labute approximate surface area is 96.3 Å². The molecule has 5 nitrogen and oxygen atoms in total. The molecule has 1 aromatic rings. The quantitative estimate of drug-likeness (QED) is 0.615. The van der Waals surface area contributed by atoms with Crippen LogP contribution in [-0.2, 0) is 9.59 Å². The number of carbonyl (C=O) groups excluding carboxylic acids is 2. The fraction of sp³-hybridized carbons (Fsp3) is 0.182. The monoisotopic (exact) mass is 239 g/mol. The fourth-order valence-corrected chi connectivity index (χ4v) is 1.29. The van der Waals surface area contributed by atoms with Crippen LogP contribution in [0, 0.1) is 5.82 Å². The standard InChI is InChI=1S/C11H10FNO4/c1-6(14)13-9-4-7(12)2-3-8(9)10(15)5-11(16)17/h2-4H,5H2,1H3,(H,13,14)(H,16,17). The minimum absolute atomic E-state index is 0.0241. The summed E-state index contributed by atoms with van der Waals surface area (Å²) in [6, 6.07) is 3.14. The van der Waals surface area contributed by atoms with Gasteiger partial charge in [-0.05, 0) is 18.2 Å². The van der Waals surface area contributed by atoms with Gasteiger partial charge in [0.1, 0.15) is 12.2 Å². The third-order valence-corrected chi connectivity index (χ3v) is 1.90. The Morgan fingerprint density at radius 1 is 1.35 bits per heavy atom. The number of carboxylic acid groups (broad SMARTS) is 1. The Morgan fingerprint density at radius 3 is 2.53 bits per heavy atom. The molecule has 0 aromatic heterocycles. The van der Waals surface area contributed by atoms with Crippen LogP contribution in [0.2, 0.25) is 0 Å². The topological polar surface area (TPSA) is 83.5 Å². The van der Waals surface area contributed by atoms with Gasteiger partial charge in [-0.2, -0.15) is 0 Å². The van der Waals surface area contributed by atoms with Gasteiger partial charge in [0.2, 0.25) is 5.91 Å². The molecule has 2 N–H and O–H groups in total. The maximum atomic E-state index is 12.9. The molecule has 1 amide bonds. The van der Waals surface area contributed by atoms with Crippen molar-refractivity contribution < 1.29 is 23.9 Å². The highest BCUT2D eigenvalue weighted by molar-refractivity contribution is 6.10. The molecule has 0 aliphatic carbocycles. The molecule has 0 radical (unpaired) electrons. The number of anilines is 1. The maximum absolute atomic E-state index is 12.9. The van der Waals surface area contributed by atoms with Crippen molar-refractivity contribution in [3.8, 4) is 0 Å². The number of benzene rings is 1. The summed E-state index contributed by atoms with van der Waals surface area (Å²) in [5.41, 5.74) is -0.0484. The normalized spacial score (nSPS) is 9.76. The molecule has 90 valence electrons. The van der Waals surface area contributed by atoms with Crippen molar-refractivity contribution in [3.63, 3.8) is 0 Å². The first-order valence-electron chi connectivity index (χ1n) is 4.72. The van der Waals surface area contributed by atoms with Crippen molar-refractivity contribution >= 4 is 23.3 Å². The summed E-state index contributed by atoms with van der Waals surface area (Å²) >= 11 is 0. The number of aliphatic carboxylic acids is 1. The molecule has 6 heteroatoms. The van der Waals surface area contributed by atoms with Gasteiger partial charge < -0.3 is 10.4 Å². The number of hydrogen-bond acceptors (Lipinski definition) is 3. The smallest absolute Gasteiger partial charge is 0.311 e. The SMILES string of the molecule is CC(=O)Nc1cc(F)ccc1C(=O)CC(=O)O. The molecular weight excluding hydrogens is 229 g/mol. The van der Waals surface area contributed by atoms with Crippen LogP contribution in [0.25, 0.3) is 0 Å². The number of Topliss-reactive ketones (excluding diaryl/α,β-unsaturated/α-hetero) is 1. The van der Waals surface area contributed by atoms with Gasteiger partial charge in [-0.1, -0.05) is 0 Å². The summed E-state index contributed by atoms with van der Waals surface area (Å²) < 4.78 is 12.9. The highest BCUT2D eigenvalue weighted by Gasteiger charge is 2.16. The van der Waals surface area contributed by atoms with E-state index < -0.39 is 29.9 Å². The van der Waals surface area contributed by atoms with Crippen LogP contribution in [-0.4, -0.2) is 22.8 Å². The molecule has 0 fully saturated rings. The third-order valence-electron chi connectivity index (χ3n) is 1.90. The summed E-state index contributed by atoms with van der Waals surface area (Å²) in [6.45, 7) is 1.20. The van der Waals surface area contributed by atoms with Crippen molar-refractivity contribution in [2.75, 3.05) is 5.32 Å².